The quantitative estimate of drug-likeness (QED) is 0.321. The summed E-state index contributed by atoms with van der Waals surface area (Å²) < 4.78 is 18.1. The highest BCUT2D eigenvalue weighted by Crippen LogP contribution is 2.23. The number of carbonyl (C=O) groups is 2. The molecule has 0 saturated carbocycles. The van der Waals surface area contributed by atoms with Crippen molar-refractivity contribution >= 4 is 17.6 Å². The third-order valence-electron chi connectivity index (χ3n) is 5.96. The maximum Gasteiger partial charge on any atom is 0.338 e. The van der Waals surface area contributed by atoms with Gasteiger partial charge in [-0.1, -0.05) is 37.3 Å². The third kappa shape index (κ3) is 5.49. The molecule has 2 aromatic carbocycles. The molecule has 1 amide bonds. The lowest BCUT2D eigenvalue weighted by Gasteiger charge is -2.10. The lowest BCUT2D eigenvalue weighted by atomic mass is 10.1. The van der Waals surface area contributed by atoms with Crippen molar-refractivity contribution < 1.29 is 23.5 Å². The largest absolute Gasteiger partial charge is 0.486 e. The molecule has 0 saturated heterocycles. The molecule has 8 heteroatoms. The highest BCUT2D eigenvalue weighted by atomic mass is 16.5. The standard InChI is InChI=1S/C28H29N3O5/c1-5-20-10-12-22(13-11-20)35-17-23-14-15-25(36-23)27(32)29-26-18(2)30-31(19(26)3)16-21-8-6-7-9-24(21)28(33)34-4/h6-15H,5,16-17H2,1-4H3,(H,29,32). The van der Waals surface area contributed by atoms with E-state index < -0.39 is 5.97 Å². The monoisotopic (exact) mass is 487 g/mol. The zero-order valence-corrected chi connectivity index (χ0v) is 20.8. The van der Waals surface area contributed by atoms with Gasteiger partial charge in [0.05, 0.1) is 36.3 Å². The van der Waals surface area contributed by atoms with Crippen molar-refractivity contribution in [3.8, 4) is 5.75 Å². The zero-order valence-electron chi connectivity index (χ0n) is 20.8. The number of aromatic nitrogens is 2. The molecule has 0 bridgehead atoms. The summed E-state index contributed by atoms with van der Waals surface area (Å²) in [5, 5.41) is 7.46. The Hall–Kier alpha value is -4.33. The van der Waals surface area contributed by atoms with E-state index in [1.165, 1.54) is 12.7 Å². The first-order chi connectivity index (χ1) is 17.4. The highest BCUT2D eigenvalue weighted by molar-refractivity contribution is 6.03. The van der Waals surface area contributed by atoms with Crippen LogP contribution in [0.2, 0.25) is 0 Å². The number of nitrogens with zero attached hydrogens (tertiary/aromatic N) is 2. The number of nitrogens with one attached hydrogen (secondary N) is 1. The van der Waals surface area contributed by atoms with E-state index in [1.807, 2.05) is 50.2 Å². The molecule has 0 aliphatic rings. The second-order valence-electron chi connectivity index (χ2n) is 8.36. The predicted molar refractivity (Wildman–Crippen MR) is 135 cm³/mol. The maximum absolute atomic E-state index is 12.9. The number of hydrogen-bond acceptors (Lipinski definition) is 6. The molecule has 2 heterocycles. The number of ether oxygens (including phenoxy) is 2. The number of rotatable bonds is 9. The summed E-state index contributed by atoms with van der Waals surface area (Å²) in [6.07, 6.45) is 0.968. The number of anilines is 1. The molecule has 0 radical (unpaired) electrons. The van der Waals surface area contributed by atoms with Crippen LogP contribution in [0, 0.1) is 13.8 Å². The van der Waals surface area contributed by atoms with Gasteiger partial charge in [0.1, 0.15) is 18.1 Å². The molecule has 0 atom stereocenters. The molecule has 0 unspecified atom stereocenters. The fourth-order valence-corrected chi connectivity index (χ4v) is 3.89. The number of esters is 1. The Kier molecular flexibility index (Phi) is 7.53. The summed E-state index contributed by atoms with van der Waals surface area (Å²) in [5.74, 6) is 0.674. The fourth-order valence-electron chi connectivity index (χ4n) is 3.89. The van der Waals surface area contributed by atoms with Gasteiger partial charge >= 0.3 is 5.97 Å². The van der Waals surface area contributed by atoms with E-state index in [0.29, 0.717) is 29.2 Å². The average molecular weight is 488 g/mol. The molecule has 4 rings (SSSR count). The van der Waals surface area contributed by atoms with E-state index in [4.69, 9.17) is 13.9 Å². The molecule has 0 aliphatic heterocycles. The molecule has 1 N–H and O–H groups in total. The predicted octanol–water partition coefficient (Wildman–Crippen LogP) is 5.32. The first kappa shape index (κ1) is 24.8. The Morgan fingerprint density at radius 3 is 2.50 bits per heavy atom. The molecule has 0 fully saturated rings. The van der Waals surface area contributed by atoms with Gasteiger partial charge in [-0.3, -0.25) is 9.48 Å². The molecule has 186 valence electrons. The minimum atomic E-state index is -0.406. The first-order valence-corrected chi connectivity index (χ1v) is 11.7. The second kappa shape index (κ2) is 10.9. The summed E-state index contributed by atoms with van der Waals surface area (Å²) >= 11 is 0. The summed E-state index contributed by atoms with van der Waals surface area (Å²) in [6, 6.07) is 18.4. The minimum absolute atomic E-state index is 0.178. The van der Waals surface area contributed by atoms with Crippen molar-refractivity contribution in [3.63, 3.8) is 0 Å². The Morgan fingerprint density at radius 2 is 1.78 bits per heavy atom. The lowest BCUT2D eigenvalue weighted by molar-refractivity contribution is 0.0599. The number of methoxy groups -OCH3 is 1. The Bertz CT molecular complexity index is 1370. The van der Waals surface area contributed by atoms with Gasteiger partial charge in [0, 0.05) is 0 Å². The van der Waals surface area contributed by atoms with Crippen molar-refractivity contribution in [3.05, 3.63) is 100 Å². The van der Waals surface area contributed by atoms with E-state index in [-0.39, 0.29) is 18.3 Å². The molecule has 0 spiro atoms. The van der Waals surface area contributed by atoms with Crippen LogP contribution in [0.15, 0.2) is 65.1 Å². The van der Waals surface area contributed by atoms with Crippen molar-refractivity contribution in [1.82, 2.24) is 9.78 Å². The van der Waals surface area contributed by atoms with Crippen molar-refractivity contribution in [2.24, 2.45) is 0 Å². The minimum Gasteiger partial charge on any atom is -0.486 e. The lowest BCUT2D eigenvalue weighted by Crippen LogP contribution is -2.13. The van der Waals surface area contributed by atoms with E-state index in [0.717, 1.165) is 23.4 Å². The molecule has 36 heavy (non-hydrogen) atoms. The zero-order chi connectivity index (χ0) is 25.7. The highest BCUT2D eigenvalue weighted by Gasteiger charge is 2.19. The van der Waals surface area contributed by atoms with Gasteiger partial charge in [0.25, 0.3) is 5.91 Å². The van der Waals surface area contributed by atoms with Gasteiger partial charge in [0.15, 0.2) is 5.76 Å². The van der Waals surface area contributed by atoms with Crippen molar-refractivity contribution in [1.29, 1.82) is 0 Å². The van der Waals surface area contributed by atoms with Crippen LogP contribution in [0.25, 0.3) is 0 Å². The summed E-state index contributed by atoms with van der Waals surface area (Å²) in [7, 11) is 1.35. The molecular weight excluding hydrogens is 458 g/mol. The smallest absolute Gasteiger partial charge is 0.338 e. The average Bonchev–Trinajstić information content (AvgIpc) is 3.48. The second-order valence-corrected chi connectivity index (χ2v) is 8.36. The molecule has 0 aliphatic carbocycles. The number of carbonyl (C=O) groups excluding carboxylic acids is 2. The van der Waals surface area contributed by atoms with Crippen LogP contribution in [-0.2, 0) is 24.3 Å². The van der Waals surface area contributed by atoms with Crippen LogP contribution >= 0.6 is 0 Å². The first-order valence-electron chi connectivity index (χ1n) is 11.7. The van der Waals surface area contributed by atoms with Gasteiger partial charge < -0.3 is 19.2 Å². The van der Waals surface area contributed by atoms with Crippen LogP contribution in [0.1, 0.15) is 56.1 Å². The number of benzene rings is 2. The van der Waals surface area contributed by atoms with Crippen molar-refractivity contribution in [2.45, 2.75) is 40.3 Å². The SMILES string of the molecule is CCc1ccc(OCc2ccc(C(=O)Nc3c(C)nn(Cc4ccccc4C(=O)OC)c3C)o2)cc1. The van der Waals surface area contributed by atoms with Gasteiger partial charge in [-0.25, -0.2) is 4.79 Å². The van der Waals surface area contributed by atoms with E-state index in [9.17, 15) is 9.59 Å². The molecular formula is C28H29N3O5. The number of hydrogen-bond donors (Lipinski definition) is 1. The molecule has 2 aromatic heterocycles. The van der Waals surface area contributed by atoms with Crippen LogP contribution in [0.4, 0.5) is 5.69 Å². The number of amides is 1. The Morgan fingerprint density at radius 1 is 1.03 bits per heavy atom. The summed E-state index contributed by atoms with van der Waals surface area (Å²) in [5.41, 5.74) is 4.49. The topological polar surface area (TPSA) is 95.6 Å². The van der Waals surface area contributed by atoms with Gasteiger partial charge in [-0.15, -0.1) is 0 Å². The van der Waals surface area contributed by atoms with Crippen LogP contribution in [-0.4, -0.2) is 28.8 Å². The van der Waals surface area contributed by atoms with E-state index >= 15 is 0 Å². The molecule has 4 aromatic rings. The van der Waals surface area contributed by atoms with E-state index in [1.54, 1.807) is 28.9 Å². The fraction of sp³-hybridized carbons (Fsp3) is 0.250. The van der Waals surface area contributed by atoms with Crippen LogP contribution < -0.4 is 10.1 Å². The maximum atomic E-state index is 12.9. The normalized spacial score (nSPS) is 10.8. The Balaban J connectivity index is 1.43. The van der Waals surface area contributed by atoms with E-state index in [2.05, 4.69) is 17.3 Å². The summed E-state index contributed by atoms with van der Waals surface area (Å²) in [6.45, 7) is 6.35. The molecule has 8 nitrogen and oxygen atoms in total. The van der Waals surface area contributed by atoms with Gasteiger partial charge in [-0.05, 0) is 61.7 Å². The van der Waals surface area contributed by atoms with Crippen molar-refractivity contribution in [2.75, 3.05) is 12.4 Å². The van der Waals surface area contributed by atoms with Crippen LogP contribution in [0.3, 0.4) is 0 Å². The van der Waals surface area contributed by atoms with Gasteiger partial charge in [-0.2, -0.15) is 5.10 Å². The third-order valence-corrected chi connectivity index (χ3v) is 5.96. The Labute approximate surface area is 209 Å². The van der Waals surface area contributed by atoms with Gasteiger partial charge in [0.2, 0.25) is 0 Å². The van der Waals surface area contributed by atoms with Crippen LogP contribution in [0.5, 0.6) is 5.75 Å². The number of aryl methyl sites for hydroxylation is 2. The number of furan rings is 1. The summed E-state index contributed by atoms with van der Waals surface area (Å²) in [4.78, 5) is 25.0.